The van der Waals surface area contributed by atoms with E-state index >= 15 is 0 Å². The summed E-state index contributed by atoms with van der Waals surface area (Å²) in [5.74, 6) is 0.833. The van der Waals surface area contributed by atoms with Crippen LogP contribution in [0.1, 0.15) is 33.9 Å². The van der Waals surface area contributed by atoms with E-state index in [9.17, 15) is 4.79 Å². The van der Waals surface area contributed by atoms with Gasteiger partial charge in [-0.1, -0.05) is 0 Å². The van der Waals surface area contributed by atoms with Crippen molar-refractivity contribution in [3.63, 3.8) is 0 Å². The lowest BCUT2D eigenvalue weighted by Gasteiger charge is -2.14. The van der Waals surface area contributed by atoms with Gasteiger partial charge in [0.25, 0.3) is 0 Å². The van der Waals surface area contributed by atoms with Crippen LogP contribution in [0.3, 0.4) is 0 Å². The number of imidazole rings is 1. The molecule has 0 unspecified atom stereocenters. The lowest BCUT2D eigenvalue weighted by Crippen LogP contribution is -2.13. The fraction of sp³-hybridized carbons (Fsp3) is 0.222. The maximum atomic E-state index is 13.0. The van der Waals surface area contributed by atoms with Crippen LogP contribution >= 0.6 is 0 Å². The summed E-state index contributed by atoms with van der Waals surface area (Å²) < 4.78 is 5.29. The van der Waals surface area contributed by atoms with Crippen molar-refractivity contribution >= 4 is 22.8 Å². The quantitative estimate of drug-likeness (QED) is 0.713. The molecule has 0 saturated carbocycles. The van der Waals surface area contributed by atoms with Crippen LogP contribution in [0.25, 0.3) is 17.0 Å². The number of carbonyl (C=O) groups excluding carboxylic acids is 1. The number of carbonyl (C=O) groups is 1. The standard InChI is InChI=1S/C18H17N3O2/c1-10-16(20-9-19-10)7-11-3-5-15-17(18(11)22)13-8-12(23-2)4-6-14(13)21-15/h4,6-9,21H,3,5H2,1-2H3,(H,19,20). The van der Waals surface area contributed by atoms with E-state index in [2.05, 4.69) is 15.0 Å². The molecule has 0 fully saturated rings. The van der Waals surface area contributed by atoms with E-state index in [1.807, 2.05) is 31.2 Å². The van der Waals surface area contributed by atoms with Gasteiger partial charge in [-0.25, -0.2) is 4.98 Å². The molecule has 116 valence electrons. The van der Waals surface area contributed by atoms with Crippen molar-refractivity contribution in [1.29, 1.82) is 0 Å². The minimum atomic E-state index is 0.0770. The number of hydrogen-bond donors (Lipinski definition) is 2. The molecule has 0 amide bonds. The number of hydrogen-bond acceptors (Lipinski definition) is 3. The largest absolute Gasteiger partial charge is 0.497 e. The van der Waals surface area contributed by atoms with Crippen molar-refractivity contribution in [3.05, 3.63) is 52.7 Å². The topological polar surface area (TPSA) is 70.8 Å². The van der Waals surface area contributed by atoms with Gasteiger partial charge >= 0.3 is 0 Å². The minimum Gasteiger partial charge on any atom is -0.497 e. The Bertz CT molecular complexity index is 946. The number of ether oxygens (including phenoxy) is 1. The first-order valence-corrected chi connectivity index (χ1v) is 7.61. The Kier molecular flexibility index (Phi) is 3.08. The van der Waals surface area contributed by atoms with E-state index in [-0.39, 0.29) is 5.78 Å². The van der Waals surface area contributed by atoms with E-state index in [0.717, 1.165) is 57.7 Å². The number of nitrogens with one attached hydrogen (secondary N) is 2. The van der Waals surface area contributed by atoms with Gasteiger partial charge in [0.15, 0.2) is 5.78 Å². The number of rotatable bonds is 2. The van der Waals surface area contributed by atoms with Crippen LogP contribution in [0, 0.1) is 6.92 Å². The summed E-state index contributed by atoms with van der Waals surface area (Å²) in [6, 6.07) is 5.78. The van der Waals surface area contributed by atoms with Crippen LogP contribution in [0.2, 0.25) is 0 Å². The number of aromatic nitrogens is 3. The Hall–Kier alpha value is -2.82. The van der Waals surface area contributed by atoms with Gasteiger partial charge in [0, 0.05) is 27.9 Å². The van der Waals surface area contributed by atoms with Gasteiger partial charge in [0.2, 0.25) is 0 Å². The number of ketones is 1. The molecule has 0 spiro atoms. The highest BCUT2D eigenvalue weighted by Crippen LogP contribution is 2.34. The number of methoxy groups -OCH3 is 1. The summed E-state index contributed by atoms with van der Waals surface area (Å²) in [7, 11) is 1.63. The summed E-state index contributed by atoms with van der Waals surface area (Å²) in [6.07, 6.45) is 5.10. The highest BCUT2D eigenvalue weighted by atomic mass is 16.5. The van der Waals surface area contributed by atoms with E-state index in [1.54, 1.807) is 13.4 Å². The Labute approximate surface area is 133 Å². The van der Waals surface area contributed by atoms with E-state index in [0.29, 0.717) is 0 Å². The average molecular weight is 307 g/mol. The maximum absolute atomic E-state index is 13.0. The average Bonchev–Trinajstić information content (AvgIpc) is 3.13. The molecule has 0 bridgehead atoms. The molecule has 4 rings (SSSR count). The number of aryl methyl sites for hydroxylation is 2. The van der Waals surface area contributed by atoms with Crippen molar-refractivity contribution in [2.45, 2.75) is 19.8 Å². The predicted molar refractivity (Wildman–Crippen MR) is 88.8 cm³/mol. The maximum Gasteiger partial charge on any atom is 0.191 e. The van der Waals surface area contributed by atoms with Crippen LogP contribution in [-0.4, -0.2) is 27.8 Å². The second-order valence-corrected chi connectivity index (χ2v) is 5.80. The van der Waals surface area contributed by atoms with E-state index < -0.39 is 0 Å². The molecular formula is C18H17N3O2. The molecule has 1 aromatic carbocycles. The number of Topliss-reactive ketones (excluding diaryl/α,β-unsaturated/α-hetero) is 1. The number of allylic oxidation sites excluding steroid dienone is 1. The molecule has 23 heavy (non-hydrogen) atoms. The first-order valence-electron chi connectivity index (χ1n) is 7.61. The molecule has 5 nitrogen and oxygen atoms in total. The van der Waals surface area contributed by atoms with Crippen LogP contribution in [-0.2, 0) is 6.42 Å². The van der Waals surface area contributed by atoms with Gasteiger partial charge in [0.1, 0.15) is 5.75 Å². The van der Waals surface area contributed by atoms with Crippen molar-refractivity contribution < 1.29 is 9.53 Å². The lowest BCUT2D eigenvalue weighted by atomic mass is 9.89. The normalized spacial score (nSPS) is 16.1. The van der Waals surface area contributed by atoms with Crippen LogP contribution in [0.4, 0.5) is 0 Å². The third-order valence-corrected chi connectivity index (χ3v) is 4.43. The van der Waals surface area contributed by atoms with Crippen LogP contribution < -0.4 is 4.74 Å². The summed E-state index contributed by atoms with van der Waals surface area (Å²) in [4.78, 5) is 23.6. The summed E-state index contributed by atoms with van der Waals surface area (Å²) >= 11 is 0. The molecular weight excluding hydrogens is 290 g/mol. The van der Waals surface area contributed by atoms with E-state index in [1.165, 1.54) is 0 Å². The molecule has 1 aliphatic carbocycles. The van der Waals surface area contributed by atoms with Crippen LogP contribution in [0.15, 0.2) is 30.1 Å². The Morgan fingerprint density at radius 2 is 2.17 bits per heavy atom. The second kappa shape index (κ2) is 5.12. The third-order valence-electron chi connectivity index (χ3n) is 4.43. The zero-order chi connectivity index (χ0) is 16.0. The second-order valence-electron chi connectivity index (χ2n) is 5.80. The Morgan fingerprint density at radius 3 is 2.91 bits per heavy atom. The van der Waals surface area contributed by atoms with Crippen molar-refractivity contribution in [3.8, 4) is 5.75 Å². The molecule has 0 radical (unpaired) electrons. The first kappa shape index (κ1) is 13.8. The van der Waals surface area contributed by atoms with Gasteiger partial charge in [-0.2, -0.15) is 0 Å². The molecule has 0 saturated heterocycles. The molecule has 2 heterocycles. The van der Waals surface area contributed by atoms with Crippen LogP contribution in [0.5, 0.6) is 5.75 Å². The zero-order valence-electron chi connectivity index (χ0n) is 13.1. The summed E-state index contributed by atoms with van der Waals surface area (Å²) in [5.41, 5.74) is 5.35. The highest BCUT2D eigenvalue weighted by Gasteiger charge is 2.26. The van der Waals surface area contributed by atoms with Gasteiger partial charge in [0.05, 0.1) is 24.7 Å². The summed E-state index contributed by atoms with van der Waals surface area (Å²) in [6.45, 7) is 1.95. The zero-order valence-corrected chi connectivity index (χ0v) is 13.1. The molecule has 0 aliphatic heterocycles. The molecule has 5 heteroatoms. The highest BCUT2D eigenvalue weighted by molar-refractivity contribution is 6.19. The minimum absolute atomic E-state index is 0.0770. The van der Waals surface area contributed by atoms with Gasteiger partial charge in [-0.05, 0) is 44.0 Å². The summed E-state index contributed by atoms with van der Waals surface area (Å²) in [5, 5.41) is 0.925. The third kappa shape index (κ3) is 2.16. The smallest absolute Gasteiger partial charge is 0.191 e. The van der Waals surface area contributed by atoms with Crippen molar-refractivity contribution in [2.75, 3.05) is 7.11 Å². The van der Waals surface area contributed by atoms with Gasteiger partial charge < -0.3 is 14.7 Å². The molecule has 2 N–H and O–H groups in total. The van der Waals surface area contributed by atoms with E-state index in [4.69, 9.17) is 4.74 Å². The number of aromatic amines is 2. The fourth-order valence-electron chi connectivity index (χ4n) is 3.15. The Balaban J connectivity index is 1.84. The number of benzene rings is 1. The monoisotopic (exact) mass is 307 g/mol. The number of nitrogens with zero attached hydrogens (tertiary/aromatic N) is 1. The van der Waals surface area contributed by atoms with Gasteiger partial charge in [-0.15, -0.1) is 0 Å². The SMILES string of the molecule is COc1ccc2[nH]c3c(c2c1)C(=O)C(=Cc1nc[nH]c1C)CC3. The molecule has 3 aromatic rings. The predicted octanol–water partition coefficient (Wildman–Crippen LogP) is 3.42. The fourth-order valence-corrected chi connectivity index (χ4v) is 3.15. The lowest BCUT2D eigenvalue weighted by molar-refractivity contribution is 0.102. The Morgan fingerprint density at radius 1 is 1.30 bits per heavy atom. The number of H-pyrrole nitrogens is 2. The van der Waals surface area contributed by atoms with Crippen molar-refractivity contribution in [2.24, 2.45) is 0 Å². The molecule has 0 atom stereocenters. The van der Waals surface area contributed by atoms with Crippen molar-refractivity contribution in [1.82, 2.24) is 15.0 Å². The molecule has 2 aromatic heterocycles. The first-order chi connectivity index (χ1) is 11.2. The van der Waals surface area contributed by atoms with Gasteiger partial charge in [-0.3, -0.25) is 4.79 Å². The molecule has 1 aliphatic rings. The number of fused-ring (bicyclic) bond motifs is 3.